The number of pyridine rings is 1. The van der Waals surface area contributed by atoms with Gasteiger partial charge in [-0.05, 0) is 40.3 Å². The molecule has 30 heavy (non-hydrogen) atoms. The number of nitrogens with zero attached hydrogens (tertiary/aromatic N) is 6. The average molecular weight is 413 g/mol. The van der Waals surface area contributed by atoms with Gasteiger partial charge in [-0.3, -0.25) is 0 Å². The lowest BCUT2D eigenvalue weighted by atomic mass is 9.79. The van der Waals surface area contributed by atoms with Crippen molar-refractivity contribution in [1.82, 2.24) is 14.8 Å². The maximum absolute atomic E-state index is 12.3. The molecular weight excluding hydrogens is 380 g/mol. The highest BCUT2D eigenvalue weighted by atomic mass is 16.6. The number of carbonyl (C=O) groups is 1. The highest BCUT2D eigenvalue weighted by Gasteiger charge is 2.50. The molecule has 3 saturated heterocycles. The van der Waals surface area contributed by atoms with E-state index >= 15 is 0 Å². The largest absolute Gasteiger partial charge is 0.444 e. The quantitative estimate of drug-likeness (QED) is 0.737. The number of anilines is 2. The fraction of sp³-hybridized carbons (Fsp3) is 0.682. The fourth-order valence-electron chi connectivity index (χ4n) is 4.57. The molecule has 8 heteroatoms. The highest BCUT2D eigenvalue weighted by Crippen LogP contribution is 2.42. The van der Waals surface area contributed by atoms with Gasteiger partial charge < -0.3 is 24.3 Å². The molecule has 0 N–H and O–H groups in total. The number of likely N-dealkylation sites (tertiary alicyclic amines) is 1. The first-order valence-corrected chi connectivity index (χ1v) is 10.7. The van der Waals surface area contributed by atoms with Crippen molar-refractivity contribution < 1.29 is 9.53 Å². The van der Waals surface area contributed by atoms with Crippen LogP contribution in [0.1, 0.15) is 32.9 Å². The molecule has 1 amide bonds. The third-order valence-electron chi connectivity index (χ3n) is 6.25. The van der Waals surface area contributed by atoms with Gasteiger partial charge in [0, 0.05) is 69.5 Å². The lowest BCUT2D eigenvalue weighted by Gasteiger charge is -2.47. The van der Waals surface area contributed by atoms with Crippen LogP contribution in [-0.2, 0) is 4.74 Å². The van der Waals surface area contributed by atoms with Crippen LogP contribution in [0.2, 0.25) is 0 Å². The fourth-order valence-corrected chi connectivity index (χ4v) is 4.57. The van der Waals surface area contributed by atoms with Crippen LogP contribution >= 0.6 is 0 Å². The zero-order valence-electron chi connectivity index (χ0n) is 18.5. The number of likely N-dealkylation sites (N-methyl/N-ethyl adjacent to an activating group) is 1. The Morgan fingerprint density at radius 1 is 1.10 bits per heavy atom. The van der Waals surface area contributed by atoms with Gasteiger partial charge in [0.1, 0.15) is 23.2 Å². The van der Waals surface area contributed by atoms with Crippen LogP contribution in [-0.4, -0.2) is 85.9 Å². The number of hydrogen-bond donors (Lipinski definition) is 0. The van der Waals surface area contributed by atoms with Crippen LogP contribution in [0.5, 0.6) is 0 Å². The van der Waals surface area contributed by atoms with E-state index in [0.717, 1.165) is 70.3 Å². The Kier molecular flexibility index (Phi) is 5.27. The molecule has 0 saturated carbocycles. The van der Waals surface area contributed by atoms with E-state index in [1.54, 1.807) is 4.90 Å². The van der Waals surface area contributed by atoms with Gasteiger partial charge in [-0.1, -0.05) is 0 Å². The first kappa shape index (κ1) is 20.7. The van der Waals surface area contributed by atoms with E-state index in [2.05, 4.69) is 38.9 Å². The molecule has 0 aliphatic carbocycles. The van der Waals surface area contributed by atoms with Crippen molar-refractivity contribution in [3.8, 4) is 6.07 Å². The van der Waals surface area contributed by atoms with Gasteiger partial charge in [0.2, 0.25) is 0 Å². The Morgan fingerprint density at radius 3 is 2.43 bits per heavy atom. The van der Waals surface area contributed by atoms with E-state index in [-0.39, 0.29) is 11.5 Å². The van der Waals surface area contributed by atoms with Crippen LogP contribution < -0.4 is 9.80 Å². The lowest BCUT2D eigenvalue weighted by molar-refractivity contribution is -0.0266. The Morgan fingerprint density at radius 2 is 1.80 bits per heavy atom. The number of nitriles is 1. The van der Waals surface area contributed by atoms with Crippen LogP contribution in [0.25, 0.3) is 0 Å². The predicted octanol–water partition coefficient (Wildman–Crippen LogP) is 2.15. The minimum Gasteiger partial charge on any atom is -0.444 e. The number of piperazine rings is 1. The molecule has 162 valence electrons. The Balaban J connectivity index is 1.43. The van der Waals surface area contributed by atoms with Crippen molar-refractivity contribution in [3.63, 3.8) is 0 Å². The van der Waals surface area contributed by atoms with Crippen LogP contribution in [0, 0.1) is 16.7 Å². The van der Waals surface area contributed by atoms with E-state index < -0.39 is 5.60 Å². The van der Waals surface area contributed by atoms with Gasteiger partial charge in [-0.15, -0.1) is 0 Å². The molecule has 1 aromatic heterocycles. The molecule has 1 aromatic rings. The minimum atomic E-state index is -0.466. The van der Waals surface area contributed by atoms with E-state index in [1.165, 1.54) is 0 Å². The number of carbonyl (C=O) groups excluding carboxylic acids is 1. The van der Waals surface area contributed by atoms with Crippen LogP contribution in [0.15, 0.2) is 12.1 Å². The number of ether oxygens (including phenoxy) is 1. The molecule has 4 heterocycles. The standard InChI is InChI=1S/C22H32N6O2/c1-21(2,3)30-20(29)28-15-22(16-28)5-6-27(14-22)18-11-17(13-23)24-19(12-18)26-9-7-25(4)8-10-26/h11-12H,5-10,14-16H2,1-4H3. The number of amides is 1. The number of rotatable bonds is 2. The molecule has 0 bridgehead atoms. The zero-order chi connectivity index (χ0) is 21.5. The molecule has 1 spiro atoms. The zero-order valence-corrected chi connectivity index (χ0v) is 18.5. The van der Waals surface area contributed by atoms with E-state index in [9.17, 15) is 10.1 Å². The number of aromatic nitrogens is 1. The summed E-state index contributed by atoms with van der Waals surface area (Å²) in [5.74, 6) is 0.891. The molecule has 0 radical (unpaired) electrons. The summed E-state index contributed by atoms with van der Waals surface area (Å²) in [7, 11) is 2.13. The molecule has 0 atom stereocenters. The summed E-state index contributed by atoms with van der Waals surface area (Å²) in [5, 5.41) is 9.50. The number of hydrogen-bond acceptors (Lipinski definition) is 7. The first-order valence-electron chi connectivity index (χ1n) is 10.7. The van der Waals surface area contributed by atoms with E-state index in [1.807, 2.05) is 26.8 Å². The predicted molar refractivity (Wildman–Crippen MR) is 116 cm³/mol. The molecule has 4 rings (SSSR count). The van der Waals surface area contributed by atoms with Gasteiger partial charge in [0.25, 0.3) is 0 Å². The second kappa shape index (κ2) is 7.62. The van der Waals surface area contributed by atoms with Gasteiger partial charge in [-0.2, -0.15) is 5.26 Å². The second-order valence-electron chi connectivity index (χ2n) is 9.98. The molecule has 8 nitrogen and oxygen atoms in total. The molecular formula is C22H32N6O2. The van der Waals surface area contributed by atoms with Crippen molar-refractivity contribution >= 4 is 17.6 Å². The van der Waals surface area contributed by atoms with Gasteiger partial charge in [0.05, 0.1) is 0 Å². The van der Waals surface area contributed by atoms with Gasteiger partial charge >= 0.3 is 6.09 Å². The maximum Gasteiger partial charge on any atom is 0.410 e. The topological polar surface area (TPSA) is 75.9 Å². The third kappa shape index (κ3) is 4.31. The van der Waals surface area contributed by atoms with Crippen molar-refractivity contribution in [2.45, 2.75) is 32.8 Å². The summed E-state index contributed by atoms with van der Waals surface area (Å²) < 4.78 is 5.50. The SMILES string of the molecule is CN1CCN(c2cc(N3CCC4(CN(C(=O)OC(C)(C)C)C4)C3)cc(C#N)n2)CC1. The van der Waals surface area contributed by atoms with Crippen molar-refractivity contribution in [2.75, 3.05) is 69.2 Å². The van der Waals surface area contributed by atoms with Crippen molar-refractivity contribution in [3.05, 3.63) is 17.8 Å². The molecule has 0 unspecified atom stereocenters. The average Bonchev–Trinajstić information content (AvgIpc) is 3.11. The Labute approximate surface area is 179 Å². The monoisotopic (exact) mass is 412 g/mol. The van der Waals surface area contributed by atoms with Gasteiger partial charge in [-0.25, -0.2) is 9.78 Å². The minimum absolute atomic E-state index is 0.126. The first-order chi connectivity index (χ1) is 14.2. The summed E-state index contributed by atoms with van der Waals surface area (Å²) in [4.78, 5) is 25.6. The summed E-state index contributed by atoms with van der Waals surface area (Å²) >= 11 is 0. The van der Waals surface area contributed by atoms with Gasteiger partial charge in [0.15, 0.2) is 0 Å². The maximum atomic E-state index is 12.3. The van der Waals surface area contributed by atoms with E-state index in [0.29, 0.717) is 5.69 Å². The molecule has 3 aliphatic heterocycles. The Hall–Kier alpha value is -2.53. The van der Waals surface area contributed by atoms with E-state index in [4.69, 9.17) is 4.74 Å². The molecule has 3 fully saturated rings. The van der Waals surface area contributed by atoms with Crippen molar-refractivity contribution in [2.24, 2.45) is 5.41 Å². The summed E-state index contributed by atoms with van der Waals surface area (Å²) in [6.45, 7) is 12.8. The lowest BCUT2D eigenvalue weighted by Crippen LogP contribution is -2.60. The normalized spacial score (nSPS) is 21.5. The smallest absolute Gasteiger partial charge is 0.410 e. The second-order valence-corrected chi connectivity index (χ2v) is 9.98. The van der Waals surface area contributed by atoms with Crippen LogP contribution in [0.4, 0.5) is 16.3 Å². The van der Waals surface area contributed by atoms with Crippen molar-refractivity contribution in [1.29, 1.82) is 5.26 Å². The summed E-state index contributed by atoms with van der Waals surface area (Å²) in [6, 6.07) is 6.24. The third-order valence-corrected chi connectivity index (χ3v) is 6.25. The molecule has 3 aliphatic rings. The summed E-state index contributed by atoms with van der Waals surface area (Å²) in [6.07, 6.45) is 0.819. The van der Waals surface area contributed by atoms with Crippen LogP contribution in [0.3, 0.4) is 0 Å². The summed E-state index contributed by atoms with van der Waals surface area (Å²) in [5.41, 5.74) is 1.18. The Bertz CT molecular complexity index is 844. The highest BCUT2D eigenvalue weighted by molar-refractivity contribution is 5.70. The molecule has 0 aromatic carbocycles.